The molecular formula is C9H13N3O2. The van der Waals surface area contributed by atoms with Crippen LogP contribution in [-0.2, 0) is 0 Å². The number of H-pyrrole nitrogens is 2. The molecule has 1 aromatic rings. The van der Waals surface area contributed by atoms with Crippen LogP contribution in [0.5, 0.6) is 0 Å². The summed E-state index contributed by atoms with van der Waals surface area (Å²) < 4.78 is 0. The Labute approximate surface area is 80.9 Å². The third-order valence-corrected chi connectivity index (χ3v) is 2.59. The Morgan fingerprint density at radius 1 is 1.43 bits per heavy atom. The first-order valence-corrected chi connectivity index (χ1v) is 4.72. The molecule has 0 aliphatic carbocycles. The second-order valence-corrected chi connectivity index (χ2v) is 3.63. The van der Waals surface area contributed by atoms with Gasteiger partial charge < -0.3 is 15.3 Å². The Balaban J connectivity index is 2.26. The lowest BCUT2D eigenvalue weighted by molar-refractivity contribution is 0.0925. The number of nitrogens with one attached hydrogen (secondary N) is 3. The predicted octanol–water partition coefficient (Wildman–Crippen LogP) is -0.196. The van der Waals surface area contributed by atoms with E-state index in [1.54, 1.807) is 6.92 Å². The minimum absolute atomic E-state index is 0.0140. The van der Waals surface area contributed by atoms with Crippen molar-refractivity contribution in [3.63, 3.8) is 0 Å². The molecule has 2 heterocycles. The van der Waals surface area contributed by atoms with Gasteiger partial charge in [0, 0.05) is 18.2 Å². The smallest absolute Gasteiger partial charge is 0.316 e. The van der Waals surface area contributed by atoms with Gasteiger partial charge in [-0.2, -0.15) is 0 Å². The predicted molar refractivity (Wildman–Crippen MR) is 51.5 cm³/mol. The van der Waals surface area contributed by atoms with Crippen LogP contribution in [0.25, 0.3) is 0 Å². The number of hydrogen-bond donors (Lipinski definition) is 3. The second-order valence-electron chi connectivity index (χ2n) is 3.63. The Kier molecular flexibility index (Phi) is 2.25. The van der Waals surface area contributed by atoms with Crippen LogP contribution in [-0.4, -0.2) is 28.8 Å². The van der Waals surface area contributed by atoms with E-state index in [0.29, 0.717) is 17.9 Å². The normalized spacial score (nSPS) is 21.4. The highest BCUT2D eigenvalue weighted by molar-refractivity contribution is 5.97. The monoisotopic (exact) mass is 195 g/mol. The van der Waals surface area contributed by atoms with Gasteiger partial charge in [0.1, 0.15) is 5.69 Å². The van der Waals surface area contributed by atoms with Crippen molar-refractivity contribution in [3.8, 4) is 0 Å². The molecule has 3 N–H and O–H groups in total. The number of rotatable bonds is 2. The first kappa shape index (κ1) is 9.21. The minimum Gasteiger partial charge on any atom is -0.316 e. The average molecular weight is 195 g/mol. The van der Waals surface area contributed by atoms with Crippen LogP contribution in [0.2, 0.25) is 0 Å². The fourth-order valence-electron chi connectivity index (χ4n) is 1.80. The van der Waals surface area contributed by atoms with Gasteiger partial charge in [0.25, 0.3) is 0 Å². The van der Waals surface area contributed by atoms with Gasteiger partial charge in [-0.1, -0.05) is 0 Å². The molecule has 5 nitrogen and oxygen atoms in total. The van der Waals surface area contributed by atoms with Gasteiger partial charge in [-0.25, -0.2) is 4.79 Å². The van der Waals surface area contributed by atoms with Gasteiger partial charge in [0.2, 0.25) is 0 Å². The van der Waals surface area contributed by atoms with Crippen molar-refractivity contribution in [2.24, 2.45) is 5.92 Å². The van der Waals surface area contributed by atoms with E-state index in [0.717, 1.165) is 13.0 Å². The topological polar surface area (TPSA) is 77.8 Å². The van der Waals surface area contributed by atoms with Gasteiger partial charge in [-0.05, 0) is 19.9 Å². The van der Waals surface area contributed by atoms with Crippen molar-refractivity contribution in [1.29, 1.82) is 0 Å². The van der Waals surface area contributed by atoms with Gasteiger partial charge in [-0.15, -0.1) is 0 Å². The Hall–Kier alpha value is -1.36. The van der Waals surface area contributed by atoms with E-state index in [2.05, 4.69) is 15.3 Å². The first-order chi connectivity index (χ1) is 6.68. The molecule has 0 bridgehead atoms. The lowest BCUT2D eigenvalue weighted by Gasteiger charge is -2.05. The number of Topliss-reactive ketones (excluding diaryl/α,β-unsaturated/α-hetero) is 1. The van der Waals surface area contributed by atoms with Crippen molar-refractivity contribution in [2.75, 3.05) is 13.1 Å². The highest BCUT2D eigenvalue weighted by atomic mass is 16.1. The standard InChI is InChI=1S/C9H13N3O2/c1-5-7(12-9(14)11-5)8(13)6-2-3-10-4-6/h6,10H,2-4H2,1H3,(H2,11,12,14). The third kappa shape index (κ3) is 1.50. The Morgan fingerprint density at radius 3 is 2.71 bits per heavy atom. The number of imidazole rings is 1. The summed E-state index contributed by atoms with van der Waals surface area (Å²) in [5, 5.41) is 3.13. The zero-order valence-electron chi connectivity index (χ0n) is 8.02. The van der Waals surface area contributed by atoms with Crippen LogP contribution in [0.4, 0.5) is 0 Å². The third-order valence-electron chi connectivity index (χ3n) is 2.59. The molecule has 0 amide bonds. The van der Waals surface area contributed by atoms with E-state index in [1.807, 2.05) is 0 Å². The molecule has 0 saturated carbocycles. The first-order valence-electron chi connectivity index (χ1n) is 4.72. The Bertz CT molecular complexity index is 398. The van der Waals surface area contributed by atoms with E-state index in [-0.39, 0.29) is 17.4 Å². The number of ketones is 1. The number of aryl methyl sites for hydroxylation is 1. The van der Waals surface area contributed by atoms with Crippen molar-refractivity contribution in [2.45, 2.75) is 13.3 Å². The molecule has 1 unspecified atom stereocenters. The summed E-state index contributed by atoms with van der Waals surface area (Å²) in [6, 6.07) is 0. The second kappa shape index (κ2) is 3.42. The SMILES string of the molecule is Cc1[nH]c(=O)[nH]c1C(=O)C1CCNC1. The molecule has 1 aliphatic heterocycles. The van der Waals surface area contributed by atoms with Crippen LogP contribution >= 0.6 is 0 Å². The number of carbonyl (C=O) groups excluding carboxylic acids is 1. The number of hydrogen-bond acceptors (Lipinski definition) is 3. The lowest BCUT2D eigenvalue weighted by Crippen LogP contribution is -2.19. The van der Waals surface area contributed by atoms with E-state index in [4.69, 9.17) is 0 Å². The zero-order chi connectivity index (χ0) is 10.1. The maximum atomic E-state index is 11.9. The van der Waals surface area contributed by atoms with E-state index in [1.165, 1.54) is 0 Å². The minimum atomic E-state index is -0.309. The summed E-state index contributed by atoms with van der Waals surface area (Å²) >= 11 is 0. The summed E-state index contributed by atoms with van der Waals surface area (Å²) in [5.74, 6) is 0.0472. The molecule has 5 heteroatoms. The number of aromatic nitrogens is 2. The van der Waals surface area contributed by atoms with Gasteiger partial charge in [0.15, 0.2) is 5.78 Å². The average Bonchev–Trinajstić information content (AvgIpc) is 2.73. The Morgan fingerprint density at radius 2 is 2.21 bits per heavy atom. The molecular weight excluding hydrogens is 182 g/mol. The maximum absolute atomic E-state index is 11.9. The molecule has 2 rings (SSSR count). The molecule has 14 heavy (non-hydrogen) atoms. The summed E-state index contributed by atoms with van der Waals surface area (Å²) in [4.78, 5) is 27.9. The molecule has 1 saturated heterocycles. The fraction of sp³-hybridized carbons (Fsp3) is 0.556. The van der Waals surface area contributed by atoms with Crippen molar-refractivity contribution < 1.29 is 4.79 Å². The van der Waals surface area contributed by atoms with Gasteiger partial charge in [-0.3, -0.25) is 4.79 Å². The largest absolute Gasteiger partial charge is 0.323 e. The van der Waals surface area contributed by atoms with E-state index < -0.39 is 0 Å². The molecule has 0 spiro atoms. The van der Waals surface area contributed by atoms with Crippen molar-refractivity contribution >= 4 is 5.78 Å². The van der Waals surface area contributed by atoms with Crippen molar-refractivity contribution in [1.82, 2.24) is 15.3 Å². The summed E-state index contributed by atoms with van der Waals surface area (Å²) in [6.45, 7) is 3.32. The maximum Gasteiger partial charge on any atom is 0.323 e. The van der Waals surface area contributed by atoms with E-state index >= 15 is 0 Å². The molecule has 1 aliphatic rings. The summed E-state index contributed by atoms with van der Waals surface area (Å²) in [6.07, 6.45) is 0.853. The van der Waals surface area contributed by atoms with Crippen molar-refractivity contribution in [3.05, 3.63) is 21.9 Å². The van der Waals surface area contributed by atoms with Crippen LogP contribution in [0, 0.1) is 12.8 Å². The summed E-state index contributed by atoms with van der Waals surface area (Å²) in [7, 11) is 0. The highest BCUT2D eigenvalue weighted by Crippen LogP contribution is 2.14. The fourth-order valence-corrected chi connectivity index (χ4v) is 1.80. The van der Waals surface area contributed by atoms with Gasteiger partial charge >= 0.3 is 5.69 Å². The molecule has 76 valence electrons. The van der Waals surface area contributed by atoms with Crippen LogP contribution in [0.15, 0.2) is 4.79 Å². The van der Waals surface area contributed by atoms with E-state index in [9.17, 15) is 9.59 Å². The molecule has 0 radical (unpaired) electrons. The van der Waals surface area contributed by atoms with Gasteiger partial charge in [0.05, 0.1) is 0 Å². The zero-order valence-corrected chi connectivity index (χ0v) is 8.02. The molecule has 1 atom stereocenters. The molecule has 1 aromatic heterocycles. The lowest BCUT2D eigenvalue weighted by atomic mass is 10.0. The molecule has 1 fully saturated rings. The van der Waals surface area contributed by atoms with Crippen LogP contribution in [0.3, 0.4) is 0 Å². The molecule has 0 aromatic carbocycles. The number of carbonyl (C=O) groups is 1. The number of aromatic amines is 2. The van der Waals surface area contributed by atoms with Crippen LogP contribution < -0.4 is 11.0 Å². The quantitative estimate of drug-likeness (QED) is 0.572. The van der Waals surface area contributed by atoms with Crippen LogP contribution in [0.1, 0.15) is 22.6 Å². The summed E-state index contributed by atoms with van der Waals surface area (Å²) in [5.41, 5.74) is 0.757. The highest BCUT2D eigenvalue weighted by Gasteiger charge is 2.25.